The third-order valence-corrected chi connectivity index (χ3v) is 4.28. The highest BCUT2D eigenvalue weighted by molar-refractivity contribution is 5.83. The van der Waals surface area contributed by atoms with Crippen molar-refractivity contribution in [3.05, 3.63) is 0 Å². The van der Waals surface area contributed by atoms with Crippen LogP contribution in [0, 0.1) is 17.3 Å². The zero-order valence-electron chi connectivity index (χ0n) is 8.25. The van der Waals surface area contributed by atoms with Gasteiger partial charge in [0.25, 0.3) is 0 Å². The number of ketones is 1. The molecule has 13 heavy (non-hydrogen) atoms. The Morgan fingerprint density at radius 2 is 2.31 bits per heavy atom. The normalized spacial score (nSPS) is 44.9. The Labute approximate surface area is 79.3 Å². The second-order valence-electron chi connectivity index (χ2n) is 4.84. The standard InChI is InChI=1S/C11H18O2/c1-11-6-2-3-10(13)9(11)5-4-8(11)7-12/h8-9,12H,2-7H2,1H3/t8-,9?,11-/m1/s1. The van der Waals surface area contributed by atoms with Crippen LogP contribution in [0.1, 0.15) is 39.0 Å². The molecule has 0 aromatic rings. The maximum absolute atomic E-state index is 11.7. The van der Waals surface area contributed by atoms with Gasteiger partial charge >= 0.3 is 0 Å². The first kappa shape index (κ1) is 9.20. The van der Waals surface area contributed by atoms with Crippen molar-refractivity contribution in [2.75, 3.05) is 6.61 Å². The van der Waals surface area contributed by atoms with Crippen molar-refractivity contribution in [2.45, 2.75) is 39.0 Å². The quantitative estimate of drug-likeness (QED) is 0.671. The summed E-state index contributed by atoms with van der Waals surface area (Å²) in [5.74, 6) is 1.09. The fraction of sp³-hybridized carbons (Fsp3) is 0.909. The maximum Gasteiger partial charge on any atom is 0.136 e. The summed E-state index contributed by atoms with van der Waals surface area (Å²) in [5.41, 5.74) is 0.129. The summed E-state index contributed by atoms with van der Waals surface area (Å²) >= 11 is 0. The fourth-order valence-electron chi connectivity index (χ4n) is 3.34. The van der Waals surface area contributed by atoms with Gasteiger partial charge in [-0.1, -0.05) is 6.92 Å². The predicted octanol–water partition coefficient (Wildman–Crippen LogP) is 1.76. The molecule has 0 aliphatic heterocycles. The van der Waals surface area contributed by atoms with E-state index in [2.05, 4.69) is 6.92 Å². The number of aliphatic hydroxyl groups excluding tert-OH is 1. The van der Waals surface area contributed by atoms with E-state index in [0.717, 1.165) is 32.1 Å². The van der Waals surface area contributed by atoms with Gasteiger partial charge < -0.3 is 5.11 Å². The Hall–Kier alpha value is -0.370. The predicted molar refractivity (Wildman–Crippen MR) is 50.3 cm³/mol. The summed E-state index contributed by atoms with van der Waals surface area (Å²) in [6.45, 7) is 2.46. The second-order valence-corrected chi connectivity index (χ2v) is 4.84. The number of hydrogen-bond acceptors (Lipinski definition) is 2. The van der Waals surface area contributed by atoms with Crippen molar-refractivity contribution in [1.82, 2.24) is 0 Å². The number of Topliss-reactive ketones (excluding diaryl/α,β-unsaturated/α-hetero) is 1. The summed E-state index contributed by atoms with van der Waals surface area (Å²) < 4.78 is 0. The monoisotopic (exact) mass is 182 g/mol. The summed E-state index contributed by atoms with van der Waals surface area (Å²) in [5, 5.41) is 9.25. The van der Waals surface area contributed by atoms with Crippen LogP contribution < -0.4 is 0 Å². The van der Waals surface area contributed by atoms with E-state index in [0.29, 0.717) is 11.7 Å². The lowest BCUT2D eigenvalue weighted by molar-refractivity contribution is -0.129. The first-order valence-electron chi connectivity index (χ1n) is 5.32. The number of fused-ring (bicyclic) bond motifs is 1. The molecule has 0 aromatic carbocycles. The molecule has 2 saturated carbocycles. The van der Waals surface area contributed by atoms with Crippen molar-refractivity contribution in [3.63, 3.8) is 0 Å². The number of rotatable bonds is 1. The zero-order valence-corrected chi connectivity index (χ0v) is 8.25. The van der Waals surface area contributed by atoms with Crippen molar-refractivity contribution in [2.24, 2.45) is 17.3 Å². The Morgan fingerprint density at radius 1 is 1.54 bits per heavy atom. The molecule has 2 aliphatic rings. The van der Waals surface area contributed by atoms with Gasteiger partial charge in [-0.15, -0.1) is 0 Å². The third-order valence-electron chi connectivity index (χ3n) is 4.28. The number of aliphatic hydroxyl groups is 1. The Bertz CT molecular complexity index is 224. The minimum Gasteiger partial charge on any atom is -0.396 e. The van der Waals surface area contributed by atoms with E-state index >= 15 is 0 Å². The molecule has 2 nitrogen and oxygen atoms in total. The highest BCUT2D eigenvalue weighted by Crippen LogP contribution is 2.53. The molecule has 0 radical (unpaired) electrons. The number of carbonyl (C=O) groups is 1. The largest absolute Gasteiger partial charge is 0.396 e. The van der Waals surface area contributed by atoms with E-state index in [4.69, 9.17) is 0 Å². The van der Waals surface area contributed by atoms with Crippen molar-refractivity contribution < 1.29 is 9.90 Å². The molecule has 1 N–H and O–H groups in total. The van der Waals surface area contributed by atoms with E-state index in [1.54, 1.807) is 0 Å². The van der Waals surface area contributed by atoms with Gasteiger partial charge in [0.1, 0.15) is 5.78 Å². The lowest BCUT2D eigenvalue weighted by atomic mass is 9.65. The molecular weight excluding hydrogens is 164 g/mol. The van der Waals surface area contributed by atoms with Crippen LogP contribution in [0.3, 0.4) is 0 Å². The van der Waals surface area contributed by atoms with E-state index < -0.39 is 0 Å². The first-order valence-corrected chi connectivity index (χ1v) is 5.32. The second kappa shape index (κ2) is 3.09. The molecular formula is C11H18O2. The molecule has 2 aliphatic carbocycles. The molecule has 3 atom stereocenters. The van der Waals surface area contributed by atoms with Crippen LogP contribution in [0.15, 0.2) is 0 Å². The Balaban J connectivity index is 2.23. The lowest BCUT2D eigenvalue weighted by Crippen LogP contribution is -2.38. The van der Waals surface area contributed by atoms with E-state index in [9.17, 15) is 9.90 Å². The van der Waals surface area contributed by atoms with Gasteiger partial charge in [-0.3, -0.25) is 4.79 Å². The molecule has 0 aromatic heterocycles. The smallest absolute Gasteiger partial charge is 0.136 e. The summed E-state index contributed by atoms with van der Waals surface area (Å²) in [7, 11) is 0. The maximum atomic E-state index is 11.7. The highest BCUT2D eigenvalue weighted by Gasteiger charge is 2.50. The molecule has 0 amide bonds. The topological polar surface area (TPSA) is 37.3 Å². The molecule has 74 valence electrons. The average molecular weight is 182 g/mol. The molecule has 0 spiro atoms. The van der Waals surface area contributed by atoms with Crippen LogP contribution in [0.5, 0.6) is 0 Å². The molecule has 0 heterocycles. The Kier molecular flexibility index (Phi) is 2.18. The highest BCUT2D eigenvalue weighted by atomic mass is 16.3. The van der Waals surface area contributed by atoms with Gasteiger partial charge in [0.05, 0.1) is 0 Å². The number of hydrogen-bond donors (Lipinski definition) is 1. The van der Waals surface area contributed by atoms with Crippen LogP contribution in [0.2, 0.25) is 0 Å². The van der Waals surface area contributed by atoms with Crippen LogP contribution in [0.4, 0.5) is 0 Å². The lowest BCUT2D eigenvalue weighted by Gasteiger charge is -2.39. The van der Waals surface area contributed by atoms with Gasteiger partial charge in [-0.05, 0) is 37.0 Å². The molecule has 1 unspecified atom stereocenters. The molecule has 0 bridgehead atoms. The van der Waals surface area contributed by atoms with Gasteiger partial charge in [-0.25, -0.2) is 0 Å². The van der Waals surface area contributed by atoms with E-state index in [1.165, 1.54) is 0 Å². The van der Waals surface area contributed by atoms with Crippen molar-refractivity contribution >= 4 is 5.78 Å². The third kappa shape index (κ3) is 1.23. The summed E-state index contributed by atoms with van der Waals surface area (Å²) in [6.07, 6.45) is 5.00. The van der Waals surface area contributed by atoms with Crippen LogP contribution in [-0.4, -0.2) is 17.5 Å². The molecule has 2 heteroatoms. The SMILES string of the molecule is C[C@]12CCCC(=O)C1CC[C@@H]2CO. The van der Waals surface area contributed by atoms with Crippen LogP contribution in [0.25, 0.3) is 0 Å². The van der Waals surface area contributed by atoms with Gasteiger partial charge in [0, 0.05) is 18.9 Å². The van der Waals surface area contributed by atoms with Gasteiger partial charge in [0.2, 0.25) is 0 Å². The molecule has 0 saturated heterocycles. The Morgan fingerprint density at radius 3 is 3.00 bits per heavy atom. The van der Waals surface area contributed by atoms with Gasteiger partial charge in [-0.2, -0.15) is 0 Å². The van der Waals surface area contributed by atoms with Crippen molar-refractivity contribution in [3.8, 4) is 0 Å². The van der Waals surface area contributed by atoms with E-state index in [-0.39, 0.29) is 17.9 Å². The summed E-state index contributed by atoms with van der Waals surface area (Å²) in [6, 6.07) is 0. The summed E-state index contributed by atoms with van der Waals surface area (Å²) in [4.78, 5) is 11.7. The minimum atomic E-state index is 0.129. The molecule has 2 fully saturated rings. The molecule has 2 rings (SSSR count). The van der Waals surface area contributed by atoms with Gasteiger partial charge in [0.15, 0.2) is 0 Å². The number of carbonyl (C=O) groups excluding carboxylic acids is 1. The van der Waals surface area contributed by atoms with Crippen LogP contribution >= 0.6 is 0 Å². The first-order chi connectivity index (χ1) is 6.18. The minimum absolute atomic E-state index is 0.129. The fourth-order valence-corrected chi connectivity index (χ4v) is 3.34. The van der Waals surface area contributed by atoms with E-state index in [1.807, 2.05) is 0 Å². The van der Waals surface area contributed by atoms with Crippen LogP contribution in [-0.2, 0) is 4.79 Å². The average Bonchev–Trinajstić information content (AvgIpc) is 2.43. The zero-order chi connectivity index (χ0) is 9.47. The van der Waals surface area contributed by atoms with Crippen molar-refractivity contribution in [1.29, 1.82) is 0 Å².